The number of pyridine rings is 1. The first-order valence-corrected chi connectivity index (χ1v) is 7.69. The number of halogens is 1. The van der Waals surface area contributed by atoms with Gasteiger partial charge in [-0.05, 0) is 48.5 Å². The van der Waals surface area contributed by atoms with E-state index >= 15 is 0 Å². The van der Waals surface area contributed by atoms with Gasteiger partial charge in [-0.25, -0.2) is 4.39 Å². The average molecular weight is 339 g/mol. The summed E-state index contributed by atoms with van der Waals surface area (Å²) in [5, 5.41) is 2.89. The Kier molecular flexibility index (Phi) is 4.43. The Balaban J connectivity index is 2.10. The van der Waals surface area contributed by atoms with Gasteiger partial charge >= 0.3 is 0 Å². The van der Waals surface area contributed by atoms with E-state index in [0.29, 0.717) is 22.9 Å². The second-order valence-electron chi connectivity index (χ2n) is 5.62. The van der Waals surface area contributed by atoms with Crippen molar-refractivity contribution >= 4 is 11.4 Å². The molecule has 0 aliphatic rings. The first-order valence-electron chi connectivity index (χ1n) is 7.69. The summed E-state index contributed by atoms with van der Waals surface area (Å²) in [6.45, 7) is 0. The van der Waals surface area contributed by atoms with Crippen molar-refractivity contribution in [2.75, 3.05) is 18.1 Å². The highest BCUT2D eigenvalue weighted by Gasteiger charge is 2.12. The number of nitrogens with one attached hydrogen (secondary N) is 1. The van der Waals surface area contributed by atoms with Crippen molar-refractivity contribution < 1.29 is 9.13 Å². The van der Waals surface area contributed by atoms with Crippen LogP contribution >= 0.6 is 0 Å². The van der Waals surface area contributed by atoms with Crippen molar-refractivity contribution in [1.29, 1.82) is 0 Å². The SMILES string of the molecule is CNc1cc(-c2cc(N)ccc2Oc2ccc(F)cc2)cn(C)c1=O. The van der Waals surface area contributed by atoms with Crippen LogP contribution in [0.25, 0.3) is 11.1 Å². The predicted octanol–water partition coefficient (Wildman–Crippen LogP) is 3.61. The maximum atomic E-state index is 13.1. The molecule has 0 atom stereocenters. The average Bonchev–Trinajstić information content (AvgIpc) is 2.60. The van der Waals surface area contributed by atoms with Crippen LogP contribution in [-0.2, 0) is 7.05 Å². The molecule has 0 aliphatic heterocycles. The minimum Gasteiger partial charge on any atom is -0.457 e. The van der Waals surface area contributed by atoms with Gasteiger partial charge < -0.3 is 20.4 Å². The molecule has 0 unspecified atom stereocenters. The number of ether oxygens (including phenoxy) is 1. The highest BCUT2D eigenvalue weighted by molar-refractivity contribution is 5.76. The molecule has 1 aromatic heterocycles. The third-order valence-electron chi connectivity index (χ3n) is 3.81. The number of hydrogen-bond donors (Lipinski definition) is 2. The topological polar surface area (TPSA) is 69.3 Å². The van der Waals surface area contributed by atoms with Crippen LogP contribution < -0.4 is 21.3 Å². The molecule has 25 heavy (non-hydrogen) atoms. The molecule has 0 amide bonds. The molecule has 0 bridgehead atoms. The minimum atomic E-state index is -0.332. The fraction of sp³-hybridized carbons (Fsp3) is 0.105. The Morgan fingerprint density at radius 2 is 1.84 bits per heavy atom. The number of nitrogens with zero attached hydrogens (tertiary/aromatic N) is 1. The summed E-state index contributed by atoms with van der Waals surface area (Å²) in [4.78, 5) is 12.1. The van der Waals surface area contributed by atoms with Crippen LogP contribution in [0.2, 0.25) is 0 Å². The zero-order valence-electron chi connectivity index (χ0n) is 13.9. The first-order chi connectivity index (χ1) is 12.0. The van der Waals surface area contributed by atoms with Crippen molar-refractivity contribution in [3.63, 3.8) is 0 Å². The minimum absolute atomic E-state index is 0.129. The van der Waals surface area contributed by atoms with E-state index in [1.165, 1.54) is 16.7 Å². The lowest BCUT2D eigenvalue weighted by Gasteiger charge is -2.14. The van der Waals surface area contributed by atoms with Crippen molar-refractivity contribution in [2.45, 2.75) is 0 Å². The maximum absolute atomic E-state index is 13.1. The van der Waals surface area contributed by atoms with Crippen LogP contribution in [0.1, 0.15) is 0 Å². The van der Waals surface area contributed by atoms with Gasteiger partial charge in [0, 0.05) is 37.1 Å². The number of hydrogen-bond acceptors (Lipinski definition) is 4. The number of aryl methyl sites for hydroxylation is 1. The van der Waals surface area contributed by atoms with E-state index in [1.807, 2.05) is 0 Å². The molecule has 128 valence electrons. The number of rotatable bonds is 4. The van der Waals surface area contributed by atoms with Crippen LogP contribution in [-0.4, -0.2) is 11.6 Å². The molecule has 3 aromatic rings. The molecule has 0 saturated heterocycles. The molecule has 5 nitrogen and oxygen atoms in total. The monoisotopic (exact) mass is 339 g/mol. The molecule has 6 heteroatoms. The van der Waals surface area contributed by atoms with Gasteiger partial charge in [-0.1, -0.05) is 0 Å². The zero-order valence-corrected chi connectivity index (χ0v) is 13.9. The molecule has 2 aromatic carbocycles. The van der Waals surface area contributed by atoms with Gasteiger partial charge in [0.2, 0.25) is 0 Å². The lowest BCUT2D eigenvalue weighted by atomic mass is 10.0. The first kappa shape index (κ1) is 16.6. The smallest absolute Gasteiger partial charge is 0.273 e. The summed E-state index contributed by atoms with van der Waals surface area (Å²) in [7, 11) is 3.37. The number of aromatic nitrogens is 1. The molecule has 3 rings (SSSR count). The Morgan fingerprint density at radius 3 is 2.52 bits per heavy atom. The van der Waals surface area contributed by atoms with Crippen molar-refractivity contribution in [3.05, 3.63) is 70.9 Å². The van der Waals surface area contributed by atoms with Crippen molar-refractivity contribution in [3.8, 4) is 22.6 Å². The van der Waals surface area contributed by atoms with Crippen molar-refractivity contribution in [2.24, 2.45) is 7.05 Å². The second kappa shape index (κ2) is 6.68. The third-order valence-corrected chi connectivity index (χ3v) is 3.81. The lowest BCUT2D eigenvalue weighted by molar-refractivity contribution is 0.482. The molecular formula is C19H18FN3O2. The standard InChI is InChI=1S/C19H18FN3O2/c1-22-17-9-12(11-23(2)19(17)24)16-10-14(21)5-8-18(16)25-15-6-3-13(20)4-7-15/h3-11,22H,21H2,1-2H3. The molecule has 0 saturated carbocycles. The molecule has 0 aliphatic carbocycles. The van der Waals surface area contributed by atoms with E-state index in [2.05, 4.69) is 5.32 Å². The summed E-state index contributed by atoms with van der Waals surface area (Å²) in [5.41, 5.74) is 8.34. The summed E-state index contributed by atoms with van der Waals surface area (Å²) in [5.74, 6) is 0.731. The van der Waals surface area contributed by atoms with E-state index in [-0.39, 0.29) is 11.4 Å². The maximum Gasteiger partial charge on any atom is 0.273 e. The molecule has 0 spiro atoms. The summed E-state index contributed by atoms with van der Waals surface area (Å²) < 4.78 is 20.5. The summed E-state index contributed by atoms with van der Waals surface area (Å²) in [6.07, 6.45) is 1.72. The van der Waals surface area contributed by atoms with E-state index < -0.39 is 0 Å². The molecule has 0 radical (unpaired) electrons. The normalized spacial score (nSPS) is 10.5. The van der Waals surface area contributed by atoms with E-state index in [0.717, 1.165) is 11.1 Å². The summed E-state index contributed by atoms with van der Waals surface area (Å²) >= 11 is 0. The van der Waals surface area contributed by atoms with Crippen LogP contribution in [0.5, 0.6) is 11.5 Å². The van der Waals surface area contributed by atoms with Crippen LogP contribution in [0.4, 0.5) is 15.8 Å². The Bertz CT molecular complexity index is 965. The molecule has 1 heterocycles. The highest BCUT2D eigenvalue weighted by atomic mass is 19.1. The van der Waals surface area contributed by atoms with Crippen LogP contribution in [0, 0.1) is 5.82 Å². The zero-order chi connectivity index (χ0) is 18.0. The second-order valence-corrected chi connectivity index (χ2v) is 5.62. The fourth-order valence-electron chi connectivity index (χ4n) is 2.53. The van der Waals surface area contributed by atoms with E-state index in [1.54, 1.807) is 56.7 Å². The Morgan fingerprint density at radius 1 is 1.12 bits per heavy atom. The van der Waals surface area contributed by atoms with E-state index in [9.17, 15) is 9.18 Å². The van der Waals surface area contributed by atoms with Crippen LogP contribution in [0.15, 0.2) is 59.5 Å². The largest absolute Gasteiger partial charge is 0.457 e. The van der Waals surface area contributed by atoms with Gasteiger partial charge in [-0.3, -0.25) is 4.79 Å². The van der Waals surface area contributed by atoms with Crippen molar-refractivity contribution in [1.82, 2.24) is 4.57 Å². The number of anilines is 2. The van der Waals surface area contributed by atoms with Gasteiger partial charge in [0.15, 0.2) is 0 Å². The van der Waals surface area contributed by atoms with Gasteiger partial charge in [-0.2, -0.15) is 0 Å². The van der Waals surface area contributed by atoms with Gasteiger partial charge in [0.25, 0.3) is 5.56 Å². The Hall–Kier alpha value is -3.28. The molecular weight excluding hydrogens is 321 g/mol. The number of nitrogens with two attached hydrogens (primary N) is 1. The number of benzene rings is 2. The Labute approximate surface area is 144 Å². The highest BCUT2D eigenvalue weighted by Crippen LogP contribution is 2.35. The van der Waals surface area contributed by atoms with Gasteiger partial charge in [-0.15, -0.1) is 0 Å². The van der Waals surface area contributed by atoms with Gasteiger partial charge in [0.05, 0.1) is 0 Å². The summed E-state index contributed by atoms with van der Waals surface area (Å²) in [6, 6.07) is 12.8. The quantitative estimate of drug-likeness (QED) is 0.713. The lowest BCUT2D eigenvalue weighted by Crippen LogP contribution is -2.19. The van der Waals surface area contributed by atoms with Gasteiger partial charge in [0.1, 0.15) is 23.0 Å². The molecule has 3 N–H and O–H groups in total. The van der Waals surface area contributed by atoms with Crippen LogP contribution in [0.3, 0.4) is 0 Å². The fourth-order valence-corrected chi connectivity index (χ4v) is 2.53. The number of nitrogen functional groups attached to an aromatic ring is 1. The third kappa shape index (κ3) is 3.47. The molecule has 0 fully saturated rings. The van der Waals surface area contributed by atoms with E-state index in [4.69, 9.17) is 10.5 Å². The predicted molar refractivity (Wildman–Crippen MR) is 97.6 cm³/mol.